The molecule has 0 unspecified atom stereocenters. The zero-order chi connectivity index (χ0) is 14.5. The van der Waals surface area contributed by atoms with Crippen LogP contribution in [0.2, 0.25) is 0 Å². The Morgan fingerprint density at radius 2 is 2.05 bits per heavy atom. The predicted octanol–water partition coefficient (Wildman–Crippen LogP) is 1.89. The van der Waals surface area contributed by atoms with Crippen molar-refractivity contribution in [3.8, 4) is 11.1 Å². The predicted molar refractivity (Wildman–Crippen MR) is 81.8 cm³/mol. The minimum Gasteiger partial charge on any atom is -0.369 e. The number of hydrogen-bond donors (Lipinski definition) is 3. The summed E-state index contributed by atoms with van der Waals surface area (Å²) in [5.74, 6) is 0.242. The summed E-state index contributed by atoms with van der Waals surface area (Å²) < 4.78 is 0. The van der Waals surface area contributed by atoms with Gasteiger partial charge in [-0.3, -0.25) is 4.79 Å². The van der Waals surface area contributed by atoms with Crippen molar-refractivity contribution in [1.82, 2.24) is 9.97 Å². The first-order valence-electron chi connectivity index (χ1n) is 6.26. The maximum absolute atomic E-state index is 10.9. The van der Waals surface area contributed by atoms with Gasteiger partial charge in [0.15, 0.2) is 0 Å². The summed E-state index contributed by atoms with van der Waals surface area (Å²) in [4.78, 5) is 20.1. The van der Waals surface area contributed by atoms with E-state index in [1.54, 1.807) is 12.4 Å². The lowest BCUT2D eigenvalue weighted by molar-refractivity contribution is -0.117. The molecule has 0 saturated heterocycles. The van der Waals surface area contributed by atoms with E-state index in [-0.39, 0.29) is 12.3 Å². The SMILES string of the molecule is CCNc1ncc(-c2ccc(CC(N)=O)cc2S)cn1. The number of carbonyl (C=O) groups is 1. The molecule has 2 aromatic rings. The fraction of sp³-hybridized carbons (Fsp3) is 0.214. The Hall–Kier alpha value is -2.08. The smallest absolute Gasteiger partial charge is 0.222 e. The molecule has 0 spiro atoms. The molecule has 1 heterocycles. The van der Waals surface area contributed by atoms with Crippen LogP contribution >= 0.6 is 12.6 Å². The van der Waals surface area contributed by atoms with Gasteiger partial charge in [-0.15, -0.1) is 12.6 Å². The van der Waals surface area contributed by atoms with Crippen LogP contribution in [0.3, 0.4) is 0 Å². The van der Waals surface area contributed by atoms with E-state index in [4.69, 9.17) is 5.73 Å². The number of hydrogen-bond acceptors (Lipinski definition) is 5. The summed E-state index contributed by atoms with van der Waals surface area (Å²) in [5.41, 5.74) is 7.82. The highest BCUT2D eigenvalue weighted by Gasteiger charge is 2.06. The van der Waals surface area contributed by atoms with E-state index in [0.717, 1.165) is 28.1 Å². The van der Waals surface area contributed by atoms with Crippen LogP contribution < -0.4 is 11.1 Å². The number of nitrogens with two attached hydrogens (primary N) is 1. The molecule has 0 saturated carbocycles. The van der Waals surface area contributed by atoms with E-state index in [2.05, 4.69) is 27.9 Å². The molecule has 0 fully saturated rings. The third-order valence-corrected chi connectivity index (χ3v) is 3.11. The van der Waals surface area contributed by atoms with Crippen LogP contribution in [-0.4, -0.2) is 22.4 Å². The van der Waals surface area contributed by atoms with Gasteiger partial charge in [-0.1, -0.05) is 12.1 Å². The third kappa shape index (κ3) is 3.48. The number of rotatable bonds is 5. The van der Waals surface area contributed by atoms with Crippen molar-refractivity contribution in [2.75, 3.05) is 11.9 Å². The molecule has 0 atom stereocenters. The Morgan fingerprint density at radius 1 is 1.35 bits per heavy atom. The molecule has 0 aliphatic heterocycles. The van der Waals surface area contributed by atoms with E-state index in [1.807, 2.05) is 25.1 Å². The number of amides is 1. The van der Waals surface area contributed by atoms with E-state index >= 15 is 0 Å². The number of benzene rings is 1. The van der Waals surface area contributed by atoms with Gasteiger partial charge in [-0.25, -0.2) is 9.97 Å². The zero-order valence-corrected chi connectivity index (χ0v) is 12.0. The molecule has 1 aromatic heterocycles. The fourth-order valence-electron chi connectivity index (χ4n) is 1.85. The van der Waals surface area contributed by atoms with Crippen LogP contribution in [0.15, 0.2) is 35.5 Å². The molecular formula is C14H16N4OS. The molecule has 0 aliphatic rings. The Bertz CT molecular complexity index is 613. The van der Waals surface area contributed by atoms with Gasteiger partial charge in [0.25, 0.3) is 0 Å². The van der Waals surface area contributed by atoms with Crippen molar-refractivity contribution in [2.24, 2.45) is 5.73 Å². The van der Waals surface area contributed by atoms with Crippen molar-refractivity contribution in [2.45, 2.75) is 18.2 Å². The number of carbonyl (C=O) groups excluding carboxylic acids is 1. The second-order valence-corrected chi connectivity index (χ2v) is 4.80. The lowest BCUT2D eigenvalue weighted by Gasteiger charge is -2.08. The number of nitrogens with one attached hydrogen (secondary N) is 1. The minimum atomic E-state index is -0.358. The van der Waals surface area contributed by atoms with E-state index in [1.165, 1.54) is 0 Å². The molecule has 5 nitrogen and oxygen atoms in total. The molecule has 6 heteroatoms. The van der Waals surface area contributed by atoms with E-state index < -0.39 is 0 Å². The van der Waals surface area contributed by atoms with Gasteiger partial charge < -0.3 is 11.1 Å². The lowest BCUT2D eigenvalue weighted by atomic mass is 10.0. The molecular weight excluding hydrogens is 272 g/mol. The van der Waals surface area contributed by atoms with Crippen LogP contribution in [0, 0.1) is 0 Å². The molecule has 104 valence electrons. The van der Waals surface area contributed by atoms with Crippen molar-refractivity contribution in [3.63, 3.8) is 0 Å². The highest BCUT2D eigenvalue weighted by Crippen LogP contribution is 2.27. The van der Waals surface area contributed by atoms with Crippen LogP contribution in [0.25, 0.3) is 11.1 Å². The monoisotopic (exact) mass is 288 g/mol. The normalized spacial score (nSPS) is 10.3. The van der Waals surface area contributed by atoms with Crippen molar-refractivity contribution >= 4 is 24.5 Å². The van der Waals surface area contributed by atoms with Gasteiger partial charge in [0.1, 0.15) is 0 Å². The highest BCUT2D eigenvalue weighted by molar-refractivity contribution is 7.80. The number of thiol groups is 1. The topological polar surface area (TPSA) is 80.9 Å². The van der Waals surface area contributed by atoms with Crippen molar-refractivity contribution in [1.29, 1.82) is 0 Å². The number of nitrogens with zero attached hydrogens (tertiary/aromatic N) is 2. The Labute approximate surface area is 123 Å². The molecule has 1 amide bonds. The maximum Gasteiger partial charge on any atom is 0.222 e. The third-order valence-electron chi connectivity index (χ3n) is 2.74. The van der Waals surface area contributed by atoms with E-state index in [0.29, 0.717) is 5.95 Å². The summed E-state index contributed by atoms with van der Waals surface area (Å²) in [6.45, 7) is 2.76. The average Bonchev–Trinajstić information content (AvgIpc) is 2.40. The largest absolute Gasteiger partial charge is 0.369 e. The molecule has 2 rings (SSSR count). The van der Waals surface area contributed by atoms with Crippen LogP contribution in [0.5, 0.6) is 0 Å². The first-order valence-corrected chi connectivity index (χ1v) is 6.71. The fourth-order valence-corrected chi connectivity index (χ4v) is 2.22. The number of primary amides is 1. The molecule has 3 N–H and O–H groups in total. The molecule has 20 heavy (non-hydrogen) atoms. The molecule has 1 aromatic carbocycles. The van der Waals surface area contributed by atoms with Gasteiger partial charge in [0.2, 0.25) is 11.9 Å². The highest BCUT2D eigenvalue weighted by atomic mass is 32.1. The summed E-state index contributed by atoms with van der Waals surface area (Å²) >= 11 is 4.45. The summed E-state index contributed by atoms with van der Waals surface area (Å²) in [6.07, 6.45) is 3.70. The van der Waals surface area contributed by atoms with E-state index in [9.17, 15) is 4.79 Å². The standard InChI is InChI=1S/C14H16N4OS/c1-2-16-14-17-7-10(8-18-14)11-4-3-9(5-12(11)20)6-13(15)19/h3-5,7-8,20H,2,6H2,1H3,(H2,15,19)(H,16,17,18). The lowest BCUT2D eigenvalue weighted by Crippen LogP contribution is -2.13. The van der Waals surface area contributed by atoms with Crippen molar-refractivity contribution < 1.29 is 4.79 Å². The molecule has 0 radical (unpaired) electrons. The minimum absolute atomic E-state index is 0.212. The van der Waals surface area contributed by atoms with Gasteiger partial charge in [-0.05, 0) is 24.1 Å². The van der Waals surface area contributed by atoms with Gasteiger partial charge in [0.05, 0.1) is 6.42 Å². The Kier molecular flexibility index (Phi) is 4.57. The number of anilines is 1. The maximum atomic E-state index is 10.9. The number of aromatic nitrogens is 2. The second kappa shape index (κ2) is 6.38. The van der Waals surface area contributed by atoms with Gasteiger partial charge in [0, 0.05) is 29.4 Å². The van der Waals surface area contributed by atoms with Crippen LogP contribution in [0.1, 0.15) is 12.5 Å². The Balaban J connectivity index is 2.26. The quantitative estimate of drug-likeness (QED) is 0.734. The Morgan fingerprint density at radius 3 is 2.60 bits per heavy atom. The zero-order valence-electron chi connectivity index (χ0n) is 11.1. The van der Waals surface area contributed by atoms with Gasteiger partial charge in [-0.2, -0.15) is 0 Å². The molecule has 0 aliphatic carbocycles. The van der Waals surface area contributed by atoms with Gasteiger partial charge >= 0.3 is 0 Å². The van der Waals surface area contributed by atoms with Crippen molar-refractivity contribution in [3.05, 3.63) is 36.2 Å². The summed E-state index contributed by atoms with van der Waals surface area (Å²) in [6, 6.07) is 5.59. The summed E-state index contributed by atoms with van der Waals surface area (Å²) in [7, 11) is 0. The first-order chi connectivity index (χ1) is 9.60. The average molecular weight is 288 g/mol. The summed E-state index contributed by atoms with van der Waals surface area (Å²) in [5, 5.41) is 3.04. The first kappa shape index (κ1) is 14.3. The molecule has 0 bridgehead atoms. The second-order valence-electron chi connectivity index (χ2n) is 4.32. The van der Waals surface area contributed by atoms with Crippen LogP contribution in [-0.2, 0) is 11.2 Å². The van der Waals surface area contributed by atoms with Crippen LogP contribution in [0.4, 0.5) is 5.95 Å².